The van der Waals surface area contributed by atoms with E-state index in [-0.39, 0.29) is 11.9 Å². The van der Waals surface area contributed by atoms with Crippen molar-refractivity contribution in [2.45, 2.75) is 12.5 Å². The van der Waals surface area contributed by atoms with Crippen LogP contribution in [0.5, 0.6) is 5.75 Å². The van der Waals surface area contributed by atoms with Crippen LogP contribution in [0.1, 0.15) is 6.42 Å². The standard InChI is InChI=1S/C13H18ClN3O2/c1-19-12-3-2-9(14)6-11(12)16-13(18)8-17-5-4-10(15)7-17/h2-3,6,10H,4-5,7-8,15H2,1H3,(H,16,18). The Hall–Kier alpha value is -1.30. The van der Waals surface area contributed by atoms with Gasteiger partial charge in [0.05, 0.1) is 19.3 Å². The Morgan fingerprint density at radius 3 is 3.05 bits per heavy atom. The zero-order valence-corrected chi connectivity index (χ0v) is 11.6. The summed E-state index contributed by atoms with van der Waals surface area (Å²) in [5.41, 5.74) is 6.39. The molecule has 6 heteroatoms. The summed E-state index contributed by atoms with van der Waals surface area (Å²) in [4.78, 5) is 14.0. The van der Waals surface area contributed by atoms with E-state index in [4.69, 9.17) is 22.1 Å². The number of benzene rings is 1. The summed E-state index contributed by atoms with van der Waals surface area (Å²) in [6, 6.07) is 5.29. The molecule has 1 aromatic rings. The highest BCUT2D eigenvalue weighted by Gasteiger charge is 2.21. The predicted octanol–water partition coefficient (Wildman–Crippen LogP) is 1.32. The molecule has 0 spiro atoms. The highest BCUT2D eigenvalue weighted by molar-refractivity contribution is 6.31. The van der Waals surface area contributed by atoms with Crippen molar-refractivity contribution in [2.75, 3.05) is 32.1 Å². The van der Waals surface area contributed by atoms with Gasteiger partial charge in [0.15, 0.2) is 0 Å². The molecule has 0 bridgehead atoms. The molecule has 0 saturated carbocycles. The van der Waals surface area contributed by atoms with Crippen LogP contribution in [0.2, 0.25) is 5.02 Å². The van der Waals surface area contributed by atoms with Gasteiger partial charge in [-0.2, -0.15) is 0 Å². The second-order valence-corrected chi connectivity index (χ2v) is 5.11. The summed E-state index contributed by atoms with van der Waals surface area (Å²) < 4.78 is 5.18. The Labute approximate surface area is 117 Å². The predicted molar refractivity (Wildman–Crippen MR) is 75.7 cm³/mol. The minimum Gasteiger partial charge on any atom is -0.495 e. The number of hydrogen-bond donors (Lipinski definition) is 2. The van der Waals surface area contributed by atoms with Gasteiger partial charge < -0.3 is 15.8 Å². The highest BCUT2D eigenvalue weighted by atomic mass is 35.5. The molecule has 1 heterocycles. The molecule has 1 amide bonds. The number of anilines is 1. The van der Waals surface area contributed by atoms with Crippen molar-refractivity contribution in [3.63, 3.8) is 0 Å². The fraction of sp³-hybridized carbons (Fsp3) is 0.462. The summed E-state index contributed by atoms with van der Waals surface area (Å²) >= 11 is 5.91. The van der Waals surface area contributed by atoms with Crippen molar-refractivity contribution in [1.82, 2.24) is 4.90 Å². The fourth-order valence-electron chi connectivity index (χ4n) is 2.18. The van der Waals surface area contributed by atoms with Crippen LogP contribution in [0.3, 0.4) is 0 Å². The van der Waals surface area contributed by atoms with E-state index in [0.29, 0.717) is 23.0 Å². The molecule has 0 aliphatic carbocycles. The monoisotopic (exact) mass is 283 g/mol. The topological polar surface area (TPSA) is 67.6 Å². The van der Waals surface area contributed by atoms with Gasteiger partial charge in [-0.1, -0.05) is 11.6 Å². The second kappa shape index (κ2) is 6.23. The maximum absolute atomic E-state index is 12.0. The van der Waals surface area contributed by atoms with E-state index in [9.17, 15) is 4.79 Å². The molecular formula is C13H18ClN3O2. The van der Waals surface area contributed by atoms with Crippen molar-refractivity contribution < 1.29 is 9.53 Å². The van der Waals surface area contributed by atoms with Crippen molar-refractivity contribution in [1.29, 1.82) is 0 Å². The molecule has 1 fully saturated rings. The van der Waals surface area contributed by atoms with Crippen LogP contribution >= 0.6 is 11.6 Å². The molecule has 1 unspecified atom stereocenters. The lowest BCUT2D eigenvalue weighted by molar-refractivity contribution is -0.117. The number of hydrogen-bond acceptors (Lipinski definition) is 4. The van der Waals surface area contributed by atoms with Gasteiger partial charge in [0.1, 0.15) is 5.75 Å². The first kappa shape index (κ1) is 14.1. The molecular weight excluding hydrogens is 266 g/mol. The molecule has 1 aliphatic rings. The van der Waals surface area contributed by atoms with E-state index >= 15 is 0 Å². The van der Waals surface area contributed by atoms with Crippen molar-refractivity contribution in [3.05, 3.63) is 23.2 Å². The van der Waals surface area contributed by atoms with Crippen LogP contribution in [-0.4, -0.2) is 43.6 Å². The van der Waals surface area contributed by atoms with Crippen molar-refractivity contribution in [2.24, 2.45) is 5.73 Å². The number of carbonyl (C=O) groups excluding carboxylic acids is 1. The van der Waals surface area contributed by atoms with Crippen LogP contribution in [-0.2, 0) is 4.79 Å². The molecule has 104 valence electrons. The van der Waals surface area contributed by atoms with Gasteiger partial charge in [-0.3, -0.25) is 9.69 Å². The minimum absolute atomic E-state index is 0.0883. The van der Waals surface area contributed by atoms with E-state index in [0.717, 1.165) is 19.5 Å². The minimum atomic E-state index is -0.0883. The first-order valence-corrected chi connectivity index (χ1v) is 6.57. The zero-order valence-electron chi connectivity index (χ0n) is 10.9. The van der Waals surface area contributed by atoms with Gasteiger partial charge in [-0.15, -0.1) is 0 Å². The van der Waals surface area contributed by atoms with E-state index in [1.807, 2.05) is 4.90 Å². The lowest BCUT2D eigenvalue weighted by Crippen LogP contribution is -2.33. The normalized spacial score (nSPS) is 19.4. The van der Waals surface area contributed by atoms with E-state index in [1.165, 1.54) is 0 Å². The third kappa shape index (κ3) is 3.83. The lowest BCUT2D eigenvalue weighted by Gasteiger charge is -2.16. The molecule has 0 radical (unpaired) electrons. The van der Waals surface area contributed by atoms with Crippen LogP contribution in [0.15, 0.2) is 18.2 Å². The first-order valence-electron chi connectivity index (χ1n) is 6.20. The van der Waals surface area contributed by atoms with Crippen LogP contribution in [0.25, 0.3) is 0 Å². The third-order valence-electron chi connectivity index (χ3n) is 3.11. The largest absolute Gasteiger partial charge is 0.495 e. The number of nitrogens with two attached hydrogens (primary N) is 1. The number of amides is 1. The van der Waals surface area contributed by atoms with Crippen molar-refractivity contribution in [3.8, 4) is 5.75 Å². The van der Waals surface area contributed by atoms with Crippen molar-refractivity contribution >= 4 is 23.2 Å². The molecule has 3 N–H and O–H groups in total. The number of carbonyl (C=O) groups is 1. The maximum atomic E-state index is 12.0. The van der Waals surface area contributed by atoms with Gasteiger partial charge in [0.25, 0.3) is 0 Å². The van der Waals surface area contributed by atoms with Gasteiger partial charge in [-0.25, -0.2) is 0 Å². The lowest BCUT2D eigenvalue weighted by atomic mass is 10.3. The van der Waals surface area contributed by atoms with Crippen LogP contribution in [0.4, 0.5) is 5.69 Å². The van der Waals surface area contributed by atoms with E-state index < -0.39 is 0 Å². The molecule has 5 nitrogen and oxygen atoms in total. The van der Waals surface area contributed by atoms with Gasteiger partial charge in [0, 0.05) is 24.2 Å². The van der Waals surface area contributed by atoms with Gasteiger partial charge in [-0.05, 0) is 24.6 Å². The zero-order chi connectivity index (χ0) is 13.8. The smallest absolute Gasteiger partial charge is 0.238 e. The highest BCUT2D eigenvalue weighted by Crippen LogP contribution is 2.27. The Bertz CT molecular complexity index is 467. The first-order chi connectivity index (χ1) is 9.08. The number of likely N-dealkylation sites (tertiary alicyclic amines) is 1. The number of nitrogens with zero attached hydrogens (tertiary/aromatic N) is 1. The SMILES string of the molecule is COc1ccc(Cl)cc1NC(=O)CN1CCC(N)C1. The Balaban J connectivity index is 1.96. The maximum Gasteiger partial charge on any atom is 0.238 e. The second-order valence-electron chi connectivity index (χ2n) is 4.68. The number of methoxy groups -OCH3 is 1. The Morgan fingerprint density at radius 1 is 1.63 bits per heavy atom. The Morgan fingerprint density at radius 2 is 2.42 bits per heavy atom. The number of nitrogens with one attached hydrogen (secondary N) is 1. The van der Waals surface area contributed by atoms with E-state index in [1.54, 1.807) is 25.3 Å². The molecule has 1 aliphatic heterocycles. The molecule has 19 heavy (non-hydrogen) atoms. The number of halogens is 1. The van der Waals surface area contributed by atoms with Gasteiger partial charge >= 0.3 is 0 Å². The fourth-order valence-corrected chi connectivity index (χ4v) is 2.35. The summed E-state index contributed by atoms with van der Waals surface area (Å²) in [6.07, 6.45) is 0.938. The number of ether oxygens (including phenoxy) is 1. The summed E-state index contributed by atoms with van der Waals surface area (Å²) in [7, 11) is 1.55. The summed E-state index contributed by atoms with van der Waals surface area (Å²) in [5.74, 6) is 0.505. The molecule has 2 rings (SSSR count). The van der Waals surface area contributed by atoms with Gasteiger partial charge in [0.2, 0.25) is 5.91 Å². The van der Waals surface area contributed by atoms with Crippen LogP contribution in [0, 0.1) is 0 Å². The molecule has 0 aromatic heterocycles. The average molecular weight is 284 g/mol. The molecule has 1 atom stereocenters. The molecule has 1 saturated heterocycles. The summed E-state index contributed by atoms with van der Waals surface area (Å²) in [6.45, 7) is 1.96. The van der Waals surface area contributed by atoms with Crippen LogP contribution < -0.4 is 15.8 Å². The van der Waals surface area contributed by atoms with E-state index in [2.05, 4.69) is 5.32 Å². The third-order valence-corrected chi connectivity index (χ3v) is 3.35. The quantitative estimate of drug-likeness (QED) is 0.875. The Kier molecular flexibility index (Phi) is 4.63. The summed E-state index contributed by atoms with van der Waals surface area (Å²) in [5, 5.41) is 3.37. The number of rotatable bonds is 4. The average Bonchev–Trinajstić information content (AvgIpc) is 2.75. The molecule has 1 aromatic carbocycles.